The van der Waals surface area contributed by atoms with Gasteiger partial charge in [-0.05, 0) is 57.6 Å². The molecule has 3 rings (SSSR count). The van der Waals surface area contributed by atoms with Crippen molar-refractivity contribution < 1.29 is 9.90 Å². The molecular weight excluding hydrogens is 314 g/mol. The Bertz CT molecular complexity index is 462. The van der Waals surface area contributed by atoms with Crippen molar-refractivity contribution >= 4 is 33.2 Å². The highest BCUT2D eigenvalue weighted by molar-refractivity contribution is 9.11. The summed E-state index contributed by atoms with van der Waals surface area (Å²) in [6.45, 7) is 1.72. The van der Waals surface area contributed by atoms with Crippen LogP contribution in [0.4, 0.5) is 0 Å². The first kappa shape index (κ1) is 12.6. The third-order valence-corrected chi connectivity index (χ3v) is 5.80. The Hall–Kier alpha value is -0.390. The van der Waals surface area contributed by atoms with Crippen LogP contribution in [0.15, 0.2) is 15.2 Å². The molecule has 1 saturated carbocycles. The van der Waals surface area contributed by atoms with Crippen LogP contribution in [0.1, 0.15) is 24.8 Å². The van der Waals surface area contributed by atoms with Crippen molar-refractivity contribution in [1.29, 1.82) is 0 Å². The average Bonchev–Trinajstić information content (AvgIpc) is 2.93. The molecule has 1 saturated heterocycles. The number of rotatable bonds is 3. The molecule has 3 nitrogen and oxygen atoms in total. The van der Waals surface area contributed by atoms with Crippen molar-refractivity contribution in [3.63, 3.8) is 0 Å². The summed E-state index contributed by atoms with van der Waals surface area (Å²) in [4.78, 5) is 13.7. The Balaban J connectivity index is 1.77. The first-order chi connectivity index (χ1) is 8.65. The van der Waals surface area contributed by atoms with Crippen LogP contribution in [0.3, 0.4) is 0 Å². The van der Waals surface area contributed by atoms with Gasteiger partial charge in [0.2, 0.25) is 0 Å². The van der Waals surface area contributed by atoms with E-state index in [1.165, 1.54) is 18.4 Å². The molecule has 18 heavy (non-hydrogen) atoms. The number of halogens is 1. The smallest absolute Gasteiger partial charge is 0.321 e. The zero-order valence-electron chi connectivity index (χ0n) is 10.0. The van der Waals surface area contributed by atoms with Gasteiger partial charge in [-0.25, -0.2) is 0 Å². The number of carboxylic acid groups (broad SMARTS) is 1. The van der Waals surface area contributed by atoms with Gasteiger partial charge in [0.1, 0.15) is 6.04 Å². The molecule has 2 fully saturated rings. The number of hydrogen-bond donors (Lipinski definition) is 1. The number of likely N-dealkylation sites (tertiary alicyclic amines) is 1. The molecule has 1 aliphatic carbocycles. The number of thiophene rings is 1. The second-order valence-corrected chi connectivity index (χ2v) is 7.62. The molecule has 0 bridgehead atoms. The fraction of sp³-hybridized carbons (Fsp3) is 0.615. The van der Waals surface area contributed by atoms with Crippen molar-refractivity contribution in [2.24, 2.45) is 11.8 Å². The van der Waals surface area contributed by atoms with Gasteiger partial charge in [0.15, 0.2) is 0 Å². The van der Waals surface area contributed by atoms with Gasteiger partial charge < -0.3 is 5.11 Å². The van der Waals surface area contributed by atoms with E-state index in [1.807, 2.05) is 0 Å². The number of hydrogen-bond acceptors (Lipinski definition) is 3. The summed E-state index contributed by atoms with van der Waals surface area (Å²) in [5, 5.41) is 11.6. The minimum atomic E-state index is -0.640. The third-order valence-electron chi connectivity index (χ3n) is 4.25. The molecule has 0 spiro atoms. The van der Waals surface area contributed by atoms with Crippen LogP contribution in [0.5, 0.6) is 0 Å². The molecule has 1 aromatic heterocycles. The topological polar surface area (TPSA) is 40.5 Å². The van der Waals surface area contributed by atoms with Crippen LogP contribution in [-0.2, 0) is 11.3 Å². The molecule has 1 aliphatic heterocycles. The van der Waals surface area contributed by atoms with Gasteiger partial charge in [0.25, 0.3) is 0 Å². The van der Waals surface area contributed by atoms with E-state index in [0.717, 1.165) is 23.3 Å². The van der Waals surface area contributed by atoms with Crippen molar-refractivity contribution in [1.82, 2.24) is 4.90 Å². The highest BCUT2D eigenvalue weighted by atomic mass is 79.9. The molecular formula is C13H16BrNO2S. The lowest BCUT2D eigenvalue weighted by Crippen LogP contribution is -2.39. The van der Waals surface area contributed by atoms with Gasteiger partial charge in [0.05, 0.1) is 3.79 Å². The number of fused-ring (bicyclic) bond motifs is 1. The lowest BCUT2D eigenvalue weighted by atomic mass is 9.94. The van der Waals surface area contributed by atoms with E-state index in [1.54, 1.807) is 11.3 Å². The lowest BCUT2D eigenvalue weighted by molar-refractivity contribution is -0.143. The van der Waals surface area contributed by atoms with E-state index in [9.17, 15) is 9.90 Å². The normalized spacial score (nSPS) is 31.7. The standard InChI is InChI=1S/C13H16BrNO2S/c14-11-4-8(7-18-11)5-15-6-9-2-1-3-10(9)12(15)13(16)17/h4,7,9-10,12H,1-3,5-6H2,(H,16,17). The molecule has 98 valence electrons. The third kappa shape index (κ3) is 2.24. The minimum absolute atomic E-state index is 0.267. The number of nitrogens with zero attached hydrogens (tertiary/aromatic N) is 1. The predicted molar refractivity (Wildman–Crippen MR) is 74.7 cm³/mol. The van der Waals surface area contributed by atoms with Crippen molar-refractivity contribution in [3.05, 3.63) is 20.8 Å². The largest absolute Gasteiger partial charge is 0.480 e. The van der Waals surface area contributed by atoms with E-state index in [2.05, 4.69) is 32.3 Å². The first-order valence-electron chi connectivity index (χ1n) is 6.35. The summed E-state index contributed by atoms with van der Waals surface area (Å²) in [6, 6.07) is 1.83. The molecule has 0 amide bonds. The van der Waals surface area contributed by atoms with Crippen LogP contribution < -0.4 is 0 Å². The summed E-state index contributed by atoms with van der Waals surface area (Å²) in [5.74, 6) is 0.344. The van der Waals surface area contributed by atoms with Crippen LogP contribution in [0.2, 0.25) is 0 Å². The van der Waals surface area contributed by atoms with Crippen LogP contribution >= 0.6 is 27.3 Å². The van der Waals surface area contributed by atoms with Gasteiger partial charge in [0, 0.05) is 13.1 Å². The van der Waals surface area contributed by atoms with Gasteiger partial charge in [-0.15, -0.1) is 11.3 Å². The number of aliphatic carboxylic acids is 1. The number of carboxylic acids is 1. The van der Waals surface area contributed by atoms with Crippen LogP contribution in [0, 0.1) is 11.8 Å². The van der Waals surface area contributed by atoms with Gasteiger partial charge >= 0.3 is 5.97 Å². The van der Waals surface area contributed by atoms with E-state index in [0.29, 0.717) is 11.8 Å². The quantitative estimate of drug-likeness (QED) is 0.925. The molecule has 1 aromatic rings. The molecule has 5 heteroatoms. The Kier molecular flexibility index (Phi) is 3.47. The SMILES string of the molecule is O=C(O)C1C2CCCC2CN1Cc1csc(Br)c1. The zero-order chi connectivity index (χ0) is 12.7. The van der Waals surface area contributed by atoms with E-state index in [4.69, 9.17) is 0 Å². The fourth-order valence-electron chi connectivity index (χ4n) is 3.56. The summed E-state index contributed by atoms with van der Waals surface area (Å²) >= 11 is 5.12. The van der Waals surface area contributed by atoms with Crippen molar-refractivity contribution in [2.75, 3.05) is 6.54 Å². The maximum atomic E-state index is 11.5. The molecule has 2 aliphatic rings. The highest BCUT2D eigenvalue weighted by Crippen LogP contribution is 2.42. The monoisotopic (exact) mass is 329 g/mol. The molecule has 3 atom stereocenters. The van der Waals surface area contributed by atoms with E-state index >= 15 is 0 Å². The Morgan fingerprint density at radius 2 is 2.39 bits per heavy atom. The minimum Gasteiger partial charge on any atom is -0.480 e. The Morgan fingerprint density at radius 1 is 1.56 bits per heavy atom. The first-order valence-corrected chi connectivity index (χ1v) is 8.02. The molecule has 1 N–H and O–H groups in total. The zero-order valence-corrected chi connectivity index (χ0v) is 12.4. The fourth-order valence-corrected chi connectivity index (χ4v) is 4.76. The predicted octanol–water partition coefficient (Wildman–Crippen LogP) is 3.20. The van der Waals surface area contributed by atoms with Crippen molar-refractivity contribution in [3.8, 4) is 0 Å². The number of carbonyl (C=O) groups is 1. The second-order valence-electron chi connectivity index (χ2n) is 5.33. The molecule has 2 heterocycles. The highest BCUT2D eigenvalue weighted by Gasteiger charge is 2.47. The second kappa shape index (κ2) is 4.94. The van der Waals surface area contributed by atoms with Gasteiger partial charge in [-0.1, -0.05) is 6.42 Å². The molecule has 0 radical (unpaired) electrons. The average molecular weight is 330 g/mol. The molecule has 3 unspecified atom stereocenters. The van der Waals surface area contributed by atoms with E-state index in [-0.39, 0.29) is 6.04 Å². The van der Waals surface area contributed by atoms with Crippen LogP contribution in [0.25, 0.3) is 0 Å². The Morgan fingerprint density at radius 3 is 3.06 bits per heavy atom. The lowest BCUT2D eigenvalue weighted by Gasteiger charge is -2.23. The maximum absolute atomic E-state index is 11.5. The summed E-state index contributed by atoms with van der Waals surface area (Å²) in [5.41, 5.74) is 1.22. The van der Waals surface area contributed by atoms with Gasteiger partial charge in [-0.3, -0.25) is 9.69 Å². The summed E-state index contributed by atoms with van der Waals surface area (Å²) in [7, 11) is 0. The van der Waals surface area contributed by atoms with E-state index < -0.39 is 5.97 Å². The van der Waals surface area contributed by atoms with Crippen molar-refractivity contribution in [2.45, 2.75) is 31.8 Å². The van der Waals surface area contributed by atoms with Gasteiger partial charge in [-0.2, -0.15) is 0 Å². The Labute approximate surface area is 119 Å². The molecule has 0 aromatic carbocycles. The summed E-state index contributed by atoms with van der Waals surface area (Å²) in [6.07, 6.45) is 3.50. The van der Waals surface area contributed by atoms with Crippen LogP contribution in [-0.4, -0.2) is 28.6 Å². The summed E-state index contributed by atoms with van der Waals surface area (Å²) < 4.78 is 1.11. The maximum Gasteiger partial charge on any atom is 0.321 e.